The van der Waals surface area contributed by atoms with Crippen LogP contribution in [-0.4, -0.2) is 16.0 Å². The highest BCUT2D eigenvalue weighted by molar-refractivity contribution is 4.88. The Morgan fingerprint density at radius 3 is 1.54 bits per heavy atom. The zero-order chi connectivity index (χ0) is 10.5. The van der Waals surface area contributed by atoms with Gasteiger partial charge in [-0.1, -0.05) is 34.1 Å². The third-order valence-electron chi connectivity index (χ3n) is 3.42. The van der Waals surface area contributed by atoms with E-state index in [-0.39, 0.29) is 5.41 Å². The normalized spacial score (nSPS) is 13.4. The van der Waals surface area contributed by atoms with Gasteiger partial charge in [0.2, 0.25) is 0 Å². The molecule has 0 aliphatic rings. The molecule has 0 unspecified atom stereocenters. The van der Waals surface area contributed by atoms with Crippen molar-refractivity contribution in [1.29, 1.82) is 0 Å². The molecule has 2 N–H and O–H groups in total. The van der Waals surface area contributed by atoms with Crippen LogP contribution in [0.4, 0.5) is 0 Å². The maximum atomic E-state index is 9.92. The lowest BCUT2D eigenvalue weighted by Crippen LogP contribution is -2.47. The summed E-state index contributed by atoms with van der Waals surface area (Å²) in [4.78, 5) is 0. The van der Waals surface area contributed by atoms with Crippen LogP contribution in [0, 0.1) is 5.41 Å². The van der Waals surface area contributed by atoms with Crippen molar-refractivity contribution in [1.82, 2.24) is 0 Å². The average Bonchev–Trinajstić information content (AvgIpc) is 2.14. The molecule has 0 bridgehead atoms. The minimum Gasteiger partial charge on any atom is -0.365 e. The fourth-order valence-electron chi connectivity index (χ4n) is 2.22. The summed E-state index contributed by atoms with van der Waals surface area (Å²) in [6, 6.07) is 0. The lowest BCUT2D eigenvalue weighted by atomic mass is 9.70. The van der Waals surface area contributed by atoms with Gasteiger partial charge in [0.1, 0.15) is 0 Å². The van der Waals surface area contributed by atoms with Crippen LogP contribution in [0.15, 0.2) is 0 Å². The van der Waals surface area contributed by atoms with Crippen LogP contribution < -0.4 is 0 Å². The molecule has 2 nitrogen and oxygen atoms in total. The minimum atomic E-state index is -1.49. The van der Waals surface area contributed by atoms with Crippen LogP contribution in [0.25, 0.3) is 0 Å². The van der Waals surface area contributed by atoms with E-state index in [1.165, 1.54) is 0 Å². The molecule has 0 fully saturated rings. The molecule has 0 aromatic carbocycles. The Kier molecular flexibility index (Phi) is 4.93. The van der Waals surface area contributed by atoms with E-state index in [0.717, 1.165) is 25.7 Å². The lowest BCUT2D eigenvalue weighted by Gasteiger charge is -2.42. The third-order valence-corrected chi connectivity index (χ3v) is 3.42. The molecule has 0 saturated heterocycles. The van der Waals surface area contributed by atoms with E-state index in [4.69, 9.17) is 0 Å². The summed E-state index contributed by atoms with van der Waals surface area (Å²) in [5.74, 6) is -1.49. The van der Waals surface area contributed by atoms with Crippen LogP contribution >= 0.6 is 0 Å². The summed E-state index contributed by atoms with van der Waals surface area (Å²) in [6.07, 6.45) is 3.97. The summed E-state index contributed by atoms with van der Waals surface area (Å²) in [5.41, 5.74) is -0.309. The second-order valence-electron chi connectivity index (χ2n) is 3.91. The van der Waals surface area contributed by atoms with Gasteiger partial charge in [0.05, 0.1) is 0 Å². The standard InChI is InChI=1S/C11H24O2/c1-5-9-10(6-2,7-3)11(12,13)8-4/h12-13H,5-9H2,1-4H3. The van der Waals surface area contributed by atoms with Crippen molar-refractivity contribution in [2.75, 3.05) is 0 Å². The molecule has 0 amide bonds. The van der Waals surface area contributed by atoms with Crippen molar-refractivity contribution >= 4 is 0 Å². The van der Waals surface area contributed by atoms with Gasteiger partial charge in [-0.15, -0.1) is 0 Å². The van der Waals surface area contributed by atoms with Crippen molar-refractivity contribution in [2.24, 2.45) is 5.41 Å². The molecule has 0 aliphatic carbocycles. The molecule has 0 aliphatic heterocycles. The van der Waals surface area contributed by atoms with Gasteiger partial charge < -0.3 is 10.2 Å². The van der Waals surface area contributed by atoms with Gasteiger partial charge in [0, 0.05) is 5.41 Å². The first-order valence-electron chi connectivity index (χ1n) is 5.44. The topological polar surface area (TPSA) is 40.5 Å². The van der Waals surface area contributed by atoms with Gasteiger partial charge in [-0.2, -0.15) is 0 Å². The lowest BCUT2D eigenvalue weighted by molar-refractivity contribution is -0.250. The predicted molar refractivity (Wildman–Crippen MR) is 55.4 cm³/mol. The highest BCUT2D eigenvalue weighted by Crippen LogP contribution is 2.42. The van der Waals surface area contributed by atoms with E-state index in [0.29, 0.717) is 6.42 Å². The summed E-state index contributed by atoms with van der Waals surface area (Å²) in [6.45, 7) is 7.99. The maximum Gasteiger partial charge on any atom is 0.167 e. The summed E-state index contributed by atoms with van der Waals surface area (Å²) < 4.78 is 0. The molecule has 0 aromatic rings. The van der Waals surface area contributed by atoms with Gasteiger partial charge >= 0.3 is 0 Å². The second kappa shape index (κ2) is 4.97. The van der Waals surface area contributed by atoms with Gasteiger partial charge in [-0.05, 0) is 25.7 Å². The molecular formula is C11H24O2. The maximum absolute atomic E-state index is 9.92. The summed E-state index contributed by atoms with van der Waals surface area (Å²) in [7, 11) is 0. The van der Waals surface area contributed by atoms with Gasteiger partial charge in [-0.3, -0.25) is 0 Å². The zero-order valence-corrected chi connectivity index (χ0v) is 9.43. The Labute approximate surface area is 82.0 Å². The second-order valence-corrected chi connectivity index (χ2v) is 3.91. The Hall–Kier alpha value is -0.0800. The van der Waals surface area contributed by atoms with Crippen LogP contribution in [0.5, 0.6) is 0 Å². The van der Waals surface area contributed by atoms with Crippen molar-refractivity contribution < 1.29 is 10.2 Å². The van der Waals surface area contributed by atoms with Crippen LogP contribution in [0.1, 0.15) is 59.8 Å². The summed E-state index contributed by atoms with van der Waals surface area (Å²) >= 11 is 0. The van der Waals surface area contributed by atoms with Crippen molar-refractivity contribution in [3.8, 4) is 0 Å². The van der Waals surface area contributed by atoms with Crippen LogP contribution in [0.3, 0.4) is 0 Å². The molecule has 2 heteroatoms. The fraction of sp³-hybridized carbons (Fsp3) is 1.00. The van der Waals surface area contributed by atoms with Gasteiger partial charge in [-0.25, -0.2) is 0 Å². The summed E-state index contributed by atoms with van der Waals surface area (Å²) in [5, 5.41) is 19.8. The molecule has 0 rings (SSSR count). The first kappa shape index (κ1) is 12.9. The van der Waals surface area contributed by atoms with E-state index in [1.54, 1.807) is 0 Å². The number of rotatable bonds is 6. The number of hydrogen-bond donors (Lipinski definition) is 2. The Balaban J connectivity index is 4.73. The van der Waals surface area contributed by atoms with Crippen LogP contribution in [-0.2, 0) is 0 Å². The monoisotopic (exact) mass is 188 g/mol. The highest BCUT2D eigenvalue weighted by atomic mass is 16.5. The zero-order valence-electron chi connectivity index (χ0n) is 9.43. The molecule has 0 radical (unpaired) electrons. The third kappa shape index (κ3) is 2.44. The Bertz CT molecular complexity index is 137. The number of hydrogen-bond acceptors (Lipinski definition) is 2. The van der Waals surface area contributed by atoms with Gasteiger partial charge in [0.15, 0.2) is 5.79 Å². The molecule has 0 aromatic heterocycles. The SMILES string of the molecule is CCCC(CC)(CC)C(O)(O)CC. The minimum absolute atomic E-state index is 0.309. The van der Waals surface area contributed by atoms with E-state index in [1.807, 2.05) is 20.8 Å². The highest BCUT2D eigenvalue weighted by Gasteiger charge is 2.44. The van der Waals surface area contributed by atoms with E-state index < -0.39 is 5.79 Å². The molecule has 13 heavy (non-hydrogen) atoms. The Morgan fingerprint density at radius 2 is 1.31 bits per heavy atom. The van der Waals surface area contributed by atoms with E-state index in [9.17, 15) is 10.2 Å². The van der Waals surface area contributed by atoms with Crippen LogP contribution in [0.2, 0.25) is 0 Å². The molecule has 0 heterocycles. The molecule has 80 valence electrons. The molecule has 0 spiro atoms. The smallest absolute Gasteiger partial charge is 0.167 e. The van der Waals surface area contributed by atoms with Gasteiger partial charge in [0.25, 0.3) is 0 Å². The van der Waals surface area contributed by atoms with E-state index in [2.05, 4.69) is 6.92 Å². The molecular weight excluding hydrogens is 164 g/mol. The largest absolute Gasteiger partial charge is 0.365 e. The Morgan fingerprint density at radius 1 is 0.846 bits per heavy atom. The molecule has 0 atom stereocenters. The van der Waals surface area contributed by atoms with Crippen molar-refractivity contribution in [3.05, 3.63) is 0 Å². The predicted octanol–water partition coefficient (Wildman–Crippen LogP) is 2.68. The first-order valence-corrected chi connectivity index (χ1v) is 5.44. The average molecular weight is 188 g/mol. The molecule has 0 saturated carbocycles. The van der Waals surface area contributed by atoms with Crippen molar-refractivity contribution in [2.45, 2.75) is 65.6 Å². The quantitative estimate of drug-likeness (QED) is 0.629. The van der Waals surface area contributed by atoms with E-state index >= 15 is 0 Å². The first-order chi connectivity index (χ1) is 5.99. The van der Waals surface area contributed by atoms with Crippen molar-refractivity contribution in [3.63, 3.8) is 0 Å². The fourth-order valence-corrected chi connectivity index (χ4v) is 2.22. The number of aliphatic hydroxyl groups is 2.